The van der Waals surface area contributed by atoms with Gasteiger partial charge in [-0.15, -0.1) is 11.8 Å². The van der Waals surface area contributed by atoms with Gasteiger partial charge < -0.3 is 10.4 Å². The van der Waals surface area contributed by atoms with E-state index in [0.29, 0.717) is 12.2 Å². The maximum atomic E-state index is 11.8. The molecule has 0 spiro atoms. The van der Waals surface area contributed by atoms with Crippen molar-refractivity contribution < 1.29 is 14.7 Å². The van der Waals surface area contributed by atoms with Gasteiger partial charge in [0, 0.05) is 15.9 Å². The van der Waals surface area contributed by atoms with Crippen LogP contribution in [0, 0.1) is 12.8 Å². The van der Waals surface area contributed by atoms with Crippen molar-refractivity contribution in [3.05, 3.63) is 28.2 Å². The van der Waals surface area contributed by atoms with Crippen molar-refractivity contribution >= 4 is 39.6 Å². The molecule has 1 aromatic carbocycles. The van der Waals surface area contributed by atoms with Gasteiger partial charge in [0.2, 0.25) is 5.91 Å². The quantitative estimate of drug-likeness (QED) is 0.684. The monoisotopic (exact) mass is 373 g/mol. The number of halogens is 1. The molecule has 4 nitrogen and oxygen atoms in total. The van der Waals surface area contributed by atoms with E-state index in [1.807, 2.05) is 32.0 Å². The maximum absolute atomic E-state index is 11.8. The number of carboxylic acid groups (broad SMARTS) is 1. The third-order valence-electron chi connectivity index (χ3n) is 3.03. The second-order valence-electron chi connectivity index (χ2n) is 4.83. The predicted molar refractivity (Wildman–Crippen MR) is 88.6 cm³/mol. The Hall–Kier alpha value is -1.01. The van der Waals surface area contributed by atoms with Crippen LogP contribution in [-0.2, 0) is 9.59 Å². The minimum absolute atomic E-state index is 0.135. The summed E-state index contributed by atoms with van der Waals surface area (Å²) in [6.07, 6.45) is 1.37. The number of rotatable bonds is 8. The molecule has 0 heterocycles. The highest BCUT2D eigenvalue weighted by molar-refractivity contribution is 9.10. The molecule has 0 saturated heterocycles. The average molecular weight is 374 g/mol. The van der Waals surface area contributed by atoms with Crippen molar-refractivity contribution in [2.75, 3.05) is 12.3 Å². The van der Waals surface area contributed by atoms with Gasteiger partial charge in [-0.1, -0.05) is 29.3 Å². The number of hydrogen-bond acceptors (Lipinski definition) is 3. The lowest BCUT2D eigenvalue weighted by Gasteiger charge is -2.12. The molecular formula is C15H20BrNO3S. The van der Waals surface area contributed by atoms with E-state index < -0.39 is 11.9 Å². The summed E-state index contributed by atoms with van der Waals surface area (Å²) < 4.78 is 1.01. The number of aliphatic carboxylic acids is 1. The Kier molecular flexibility index (Phi) is 7.82. The number of amides is 1. The van der Waals surface area contributed by atoms with Crippen molar-refractivity contribution in [1.82, 2.24) is 5.32 Å². The molecule has 0 radical (unpaired) electrons. The van der Waals surface area contributed by atoms with Gasteiger partial charge in [-0.25, -0.2) is 0 Å². The standard InChI is InChI=1S/C15H20BrNO3S/c1-3-4-11(15(19)20)8-17-14(18)9-21-13-6-5-12(16)7-10(13)2/h5-7,11H,3-4,8-9H2,1-2H3,(H,17,18)(H,19,20). The first-order valence-corrected chi connectivity index (χ1v) is 8.60. The number of aryl methyl sites for hydroxylation is 1. The van der Waals surface area contributed by atoms with Crippen LogP contribution in [-0.4, -0.2) is 29.3 Å². The summed E-state index contributed by atoms with van der Waals surface area (Å²) in [5.74, 6) is -1.20. The Morgan fingerprint density at radius 3 is 2.71 bits per heavy atom. The second-order valence-corrected chi connectivity index (χ2v) is 6.76. The van der Waals surface area contributed by atoms with Crippen molar-refractivity contribution in [1.29, 1.82) is 0 Å². The number of carbonyl (C=O) groups excluding carboxylic acids is 1. The first kappa shape index (κ1) is 18.0. The van der Waals surface area contributed by atoms with Crippen LogP contribution in [0.1, 0.15) is 25.3 Å². The van der Waals surface area contributed by atoms with Crippen LogP contribution in [0.25, 0.3) is 0 Å². The van der Waals surface area contributed by atoms with Gasteiger partial charge in [0.15, 0.2) is 0 Å². The summed E-state index contributed by atoms with van der Waals surface area (Å²) in [7, 11) is 0. The summed E-state index contributed by atoms with van der Waals surface area (Å²) in [6, 6.07) is 5.91. The highest BCUT2D eigenvalue weighted by Crippen LogP contribution is 2.25. The number of thioether (sulfide) groups is 1. The lowest BCUT2D eigenvalue weighted by Crippen LogP contribution is -2.33. The zero-order valence-corrected chi connectivity index (χ0v) is 14.6. The number of benzene rings is 1. The molecule has 116 valence electrons. The normalized spacial score (nSPS) is 12.0. The topological polar surface area (TPSA) is 66.4 Å². The number of carboxylic acids is 1. The Morgan fingerprint density at radius 1 is 1.43 bits per heavy atom. The average Bonchev–Trinajstić information content (AvgIpc) is 2.42. The summed E-state index contributed by atoms with van der Waals surface area (Å²) in [6.45, 7) is 4.12. The minimum atomic E-state index is -0.853. The van der Waals surface area contributed by atoms with E-state index in [-0.39, 0.29) is 12.5 Å². The molecule has 0 aromatic heterocycles. The molecule has 2 N–H and O–H groups in total. The molecule has 0 bridgehead atoms. The Morgan fingerprint density at radius 2 is 2.14 bits per heavy atom. The summed E-state index contributed by atoms with van der Waals surface area (Å²) in [4.78, 5) is 23.8. The molecule has 0 saturated carbocycles. The smallest absolute Gasteiger partial charge is 0.308 e. The van der Waals surface area contributed by atoms with Crippen LogP contribution in [0.15, 0.2) is 27.6 Å². The number of carbonyl (C=O) groups is 2. The summed E-state index contributed by atoms with van der Waals surface area (Å²) in [5.41, 5.74) is 1.11. The van der Waals surface area contributed by atoms with E-state index in [2.05, 4.69) is 21.2 Å². The van der Waals surface area contributed by atoms with Crippen LogP contribution in [0.4, 0.5) is 0 Å². The first-order valence-electron chi connectivity index (χ1n) is 6.82. The lowest BCUT2D eigenvalue weighted by molar-refractivity contribution is -0.141. The highest BCUT2D eigenvalue weighted by Gasteiger charge is 2.17. The zero-order valence-electron chi connectivity index (χ0n) is 12.2. The number of hydrogen-bond donors (Lipinski definition) is 2. The van der Waals surface area contributed by atoms with Crippen molar-refractivity contribution in [3.63, 3.8) is 0 Å². The van der Waals surface area contributed by atoms with E-state index >= 15 is 0 Å². The van der Waals surface area contributed by atoms with Crippen LogP contribution in [0.3, 0.4) is 0 Å². The largest absolute Gasteiger partial charge is 0.481 e. The molecule has 1 unspecified atom stereocenters. The Balaban J connectivity index is 2.41. The van der Waals surface area contributed by atoms with Gasteiger partial charge in [0.1, 0.15) is 0 Å². The van der Waals surface area contributed by atoms with Gasteiger partial charge in [-0.2, -0.15) is 0 Å². The zero-order chi connectivity index (χ0) is 15.8. The second kappa shape index (κ2) is 9.10. The highest BCUT2D eigenvalue weighted by atomic mass is 79.9. The molecule has 21 heavy (non-hydrogen) atoms. The third-order valence-corrected chi connectivity index (χ3v) is 4.70. The lowest BCUT2D eigenvalue weighted by atomic mass is 10.0. The van der Waals surface area contributed by atoms with E-state index in [0.717, 1.165) is 21.4 Å². The molecule has 6 heteroatoms. The fourth-order valence-electron chi connectivity index (χ4n) is 1.87. The van der Waals surface area contributed by atoms with Crippen molar-refractivity contribution in [2.45, 2.75) is 31.6 Å². The van der Waals surface area contributed by atoms with Gasteiger partial charge in [0.25, 0.3) is 0 Å². The molecule has 1 atom stereocenters. The molecule has 1 rings (SSSR count). The molecule has 0 aliphatic carbocycles. The molecule has 0 aliphatic rings. The van der Waals surface area contributed by atoms with E-state index in [4.69, 9.17) is 5.11 Å². The fourth-order valence-corrected chi connectivity index (χ4v) is 3.18. The summed E-state index contributed by atoms with van der Waals surface area (Å²) >= 11 is 4.86. The van der Waals surface area contributed by atoms with Gasteiger partial charge in [0.05, 0.1) is 11.7 Å². The van der Waals surface area contributed by atoms with Gasteiger partial charge >= 0.3 is 5.97 Å². The summed E-state index contributed by atoms with van der Waals surface area (Å²) in [5, 5.41) is 11.7. The first-order chi connectivity index (χ1) is 9.93. The minimum Gasteiger partial charge on any atom is -0.481 e. The SMILES string of the molecule is CCCC(CNC(=O)CSc1ccc(Br)cc1C)C(=O)O. The molecule has 1 aromatic rings. The van der Waals surface area contributed by atoms with Crippen LogP contribution >= 0.6 is 27.7 Å². The van der Waals surface area contributed by atoms with Crippen molar-refractivity contribution in [2.24, 2.45) is 5.92 Å². The van der Waals surface area contributed by atoms with E-state index in [1.165, 1.54) is 11.8 Å². The Labute approximate surface area is 137 Å². The molecule has 1 amide bonds. The molecule has 0 aliphatic heterocycles. The fraction of sp³-hybridized carbons (Fsp3) is 0.467. The van der Waals surface area contributed by atoms with Crippen LogP contribution in [0.2, 0.25) is 0 Å². The van der Waals surface area contributed by atoms with Crippen molar-refractivity contribution in [3.8, 4) is 0 Å². The molecule has 0 fully saturated rings. The van der Waals surface area contributed by atoms with E-state index in [9.17, 15) is 9.59 Å². The maximum Gasteiger partial charge on any atom is 0.308 e. The van der Waals surface area contributed by atoms with Crippen LogP contribution in [0.5, 0.6) is 0 Å². The van der Waals surface area contributed by atoms with Crippen LogP contribution < -0.4 is 5.32 Å². The van der Waals surface area contributed by atoms with E-state index in [1.54, 1.807) is 0 Å². The van der Waals surface area contributed by atoms with Gasteiger partial charge in [-0.3, -0.25) is 9.59 Å². The Bertz CT molecular complexity index is 508. The molecular weight excluding hydrogens is 354 g/mol. The van der Waals surface area contributed by atoms with Gasteiger partial charge in [-0.05, 0) is 37.1 Å². The third kappa shape index (κ3) is 6.52. The number of nitrogens with one attached hydrogen (secondary N) is 1. The predicted octanol–water partition coefficient (Wildman–Crippen LogP) is 3.47.